The Morgan fingerprint density at radius 1 is 1.10 bits per heavy atom. The van der Waals surface area contributed by atoms with Gasteiger partial charge in [-0.3, -0.25) is 0 Å². The number of aryl methyl sites for hydroxylation is 2. The van der Waals surface area contributed by atoms with Gasteiger partial charge >= 0.3 is 0 Å². The first-order valence-electron chi connectivity index (χ1n) is 8.20. The summed E-state index contributed by atoms with van der Waals surface area (Å²) in [6.07, 6.45) is 5.95. The second-order valence-corrected chi connectivity index (χ2v) is 6.23. The molecule has 0 heterocycles. The fourth-order valence-corrected chi connectivity index (χ4v) is 3.54. The van der Waals surface area contributed by atoms with E-state index < -0.39 is 0 Å². The molecule has 2 unspecified atom stereocenters. The standard InChI is InChI=1S/C20H25N/c1-2-15-10-12-17(13-11-15)20(21)14-18-8-5-7-16-6-3-4-9-19(16)18/h3-4,6,9-13,18,20H,2,5,7-8,14,21H2,1H3. The highest BCUT2D eigenvalue weighted by Gasteiger charge is 2.22. The van der Waals surface area contributed by atoms with E-state index in [0.717, 1.165) is 12.8 Å². The fraction of sp³-hybridized carbons (Fsp3) is 0.400. The van der Waals surface area contributed by atoms with E-state index in [0.29, 0.717) is 5.92 Å². The van der Waals surface area contributed by atoms with E-state index in [1.54, 1.807) is 0 Å². The zero-order valence-corrected chi connectivity index (χ0v) is 12.9. The molecule has 21 heavy (non-hydrogen) atoms. The van der Waals surface area contributed by atoms with Crippen LogP contribution < -0.4 is 5.73 Å². The maximum Gasteiger partial charge on any atom is 0.0300 e. The Bertz CT molecular complexity index is 585. The molecule has 0 spiro atoms. The number of nitrogens with two attached hydrogens (primary N) is 1. The first-order valence-corrected chi connectivity index (χ1v) is 8.20. The first kappa shape index (κ1) is 14.3. The van der Waals surface area contributed by atoms with Gasteiger partial charge in [-0.1, -0.05) is 55.5 Å². The van der Waals surface area contributed by atoms with Crippen LogP contribution >= 0.6 is 0 Å². The topological polar surface area (TPSA) is 26.0 Å². The third kappa shape index (κ3) is 3.19. The summed E-state index contributed by atoms with van der Waals surface area (Å²) in [4.78, 5) is 0. The van der Waals surface area contributed by atoms with E-state index in [2.05, 4.69) is 55.5 Å². The fourth-order valence-electron chi connectivity index (χ4n) is 3.54. The van der Waals surface area contributed by atoms with Crippen molar-refractivity contribution in [2.45, 2.75) is 51.0 Å². The molecule has 0 radical (unpaired) electrons. The van der Waals surface area contributed by atoms with Gasteiger partial charge in [0.15, 0.2) is 0 Å². The summed E-state index contributed by atoms with van der Waals surface area (Å²) < 4.78 is 0. The third-order valence-electron chi connectivity index (χ3n) is 4.85. The highest BCUT2D eigenvalue weighted by molar-refractivity contribution is 5.33. The quantitative estimate of drug-likeness (QED) is 0.858. The lowest BCUT2D eigenvalue weighted by molar-refractivity contribution is 0.476. The average molecular weight is 279 g/mol. The lowest BCUT2D eigenvalue weighted by atomic mass is 9.79. The number of rotatable bonds is 4. The van der Waals surface area contributed by atoms with Crippen LogP contribution in [0.1, 0.15) is 60.4 Å². The van der Waals surface area contributed by atoms with Crippen molar-refractivity contribution in [3.63, 3.8) is 0 Å². The van der Waals surface area contributed by atoms with Crippen molar-refractivity contribution < 1.29 is 0 Å². The van der Waals surface area contributed by atoms with Crippen LogP contribution in [0.25, 0.3) is 0 Å². The van der Waals surface area contributed by atoms with Gasteiger partial charge in [0, 0.05) is 6.04 Å². The Balaban J connectivity index is 1.74. The van der Waals surface area contributed by atoms with Gasteiger partial charge in [0.05, 0.1) is 0 Å². The predicted molar refractivity (Wildman–Crippen MR) is 89.5 cm³/mol. The van der Waals surface area contributed by atoms with Crippen LogP contribution in [0, 0.1) is 0 Å². The van der Waals surface area contributed by atoms with Gasteiger partial charge < -0.3 is 5.73 Å². The highest BCUT2D eigenvalue weighted by atomic mass is 14.6. The first-order chi connectivity index (χ1) is 10.3. The number of fused-ring (bicyclic) bond motifs is 1. The molecule has 0 fully saturated rings. The molecule has 1 aliphatic carbocycles. The summed E-state index contributed by atoms with van der Waals surface area (Å²) in [5.41, 5.74) is 12.2. The van der Waals surface area contributed by atoms with E-state index in [1.165, 1.54) is 41.5 Å². The zero-order valence-electron chi connectivity index (χ0n) is 12.9. The van der Waals surface area contributed by atoms with E-state index in [9.17, 15) is 0 Å². The van der Waals surface area contributed by atoms with E-state index >= 15 is 0 Å². The molecule has 0 saturated carbocycles. The van der Waals surface area contributed by atoms with Gasteiger partial charge in [-0.05, 0) is 60.3 Å². The largest absolute Gasteiger partial charge is 0.324 e. The zero-order chi connectivity index (χ0) is 14.7. The summed E-state index contributed by atoms with van der Waals surface area (Å²) in [6, 6.07) is 17.9. The lowest BCUT2D eigenvalue weighted by Gasteiger charge is -2.28. The predicted octanol–water partition coefficient (Wildman–Crippen LogP) is 4.76. The smallest absolute Gasteiger partial charge is 0.0300 e. The molecule has 2 aromatic rings. The van der Waals surface area contributed by atoms with Crippen LogP contribution in [0.2, 0.25) is 0 Å². The minimum Gasteiger partial charge on any atom is -0.324 e. The van der Waals surface area contributed by atoms with Gasteiger partial charge in [-0.2, -0.15) is 0 Å². The van der Waals surface area contributed by atoms with Crippen LogP contribution in [0.15, 0.2) is 48.5 Å². The van der Waals surface area contributed by atoms with Crippen molar-refractivity contribution >= 4 is 0 Å². The summed E-state index contributed by atoms with van der Waals surface area (Å²) in [7, 11) is 0. The maximum absolute atomic E-state index is 6.47. The Kier molecular flexibility index (Phi) is 4.40. The molecule has 0 bridgehead atoms. The molecule has 0 aromatic heterocycles. The Labute approximate surface area is 128 Å². The monoisotopic (exact) mass is 279 g/mol. The molecular formula is C20H25N. The molecule has 1 heteroatoms. The molecule has 2 aromatic carbocycles. The lowest BCUT2D eigenvalue weighted by Crippen LogP contribution is -2.18. The van der Waals surface area contributed by atoms with Crippen molar-refractivity contribution in [1.29, 1.82) is 0 Å². The van der Waals surface area contributed by atoms with Gasteiger partial charge in [-0.15, -0.1) is 0 Å². The summed E-state index contributed by atoms with van der Waals surface area (Å²) in [6.45, 7) is 2.19. The highest BCUT2D eigenvalue weighted by Crippen LogP contribution is 2.36. The molecular weight excluding hydrogens is 254 g/mol. The van der Waals surface area contributed by atoms with Crippen LogP contribution in [0.3, 0.4) is 0 Å². The Morgan fingerprint density at radius 2 is 1.86 bits per heavy atom. The van der Waals surface area contributed by atoms with Crippen LogP contribution in [0.4, 0.5) is 0 Å². The molecule has 1 aliphatic rings. The Morgan fingerprint density at radius 3 is 2.62 bits per heavy atom. The summed E-state index contributed by atoms with van der Waals surface area (Å²) >= 11 is 0. The summed E-state index contributed by atoms with van der Waals surface area (Å²) in [5, 5.41) is 0. The van der Waals surface area contributed by atoms with Gasteiger partial charge in [0.2, 0.25) is 0 Å². The normalized spacial score (nSPS) is 19.0. The number of hydrogen-bond acceptors (Lipinski definition) is 1. The molecule has 0 saturated heterocycles. The molecule has 110 valence electrons. The van der Waals surface area contributed by atoms with Crippen LogP contribution in [-0.2, 0) is 12.8 Å². The molecule has 0 aliphatic heterocycles. The van der Waals surface area contributed by atoms with Crippen molar-refractivity contribution in [2.75, 3.05) is 0 Å². The maximum atomic E-state index is 6.47. The SMILES string of the molecule is CCc1ccc(C(N)CC2CCCc3ccccc32)cc1. The molecule has 3 rings (SSSR count). The van der Waals surface area contributed by atoms with Crippen LogP contribution in [0.5, 0.6) is 0 Å². The second kappa shape index (κ2) is 6.44. The average Bonchev–Trinajstić information content (AvgIpc) is 2.55. The molecule has 2 N–H and O–H groups in total. The minimum atomic E-state index is 0.145. The van der Waals surface area contributed by atoms with E-state index in [-0.39, 0.29) is 6.04 Å². The van der Waals surface area contributed by atoms with Crippen molar-refractivity contribution in [3.8, 4) is 0 Å². The minimum absolute atomic E-state index is 0.145. The van der Waals surface area contributed by atoms with E-state index in [4.69, 9.17) is 5.73 Å². The molecule has 1 nitrogen and oxygen atoms in total. The summed E-state index contributed by atoms with van der Waals surface area (Å²) in [5.74, 6) is 0.621. The molecule has 0 amide bonds. The van der Waals surface area contributed by atoms with Gasteiger partial charge in [-0.25, -0.2) is 0 Å². The van der Waals surface area contributed by atoms with Crippen molar-refractivity contribution in [1.82, 2.24) is 0 Å². The van der Waals surface area contributed by atoms with E-state index in [1.807, 2.05) is 0 Å². The Hall–Kier alpha value is -1.60. The molecule has 2 atom stereocenters. The number of benzene rings is 2. The van der Waals surface area contributed by atoms with Gasteiger partial charge in [0.25, 0.3) is 0 Å². The third-order valence-corrected chi connectivity index (χ3v) is 4.85. The van der Waals surface area contributed by atoms with Gasteiger partial charge in [0.1, 0.15) is 0 Å². The number of hydrogen-bond donors (Lipinski definition) is 1. The van der Waals surface area contributed by atoms with Crippen LogP contribution in [-0.4, -0.2) is 0 Å². The second-order valence-electron chi connectivity index (χ2n) is 6.23. The van der Waals surface area contributed by atoms with Crippen molar-refractivity contribution in [3.05, 3.63) is 70.8 Å². The van der Waals surface area contributed by atoms with Crippen molar-refractivity contribution in [2.24, 2.45) is 5.73 Å².